The van der Waals surface area contributed by atoms with Gasteiger partial charge in [0.1, 0.15) is 0 Å². The highest BCUT2D eigenvalue weighted by Crippen LogP contribution is 1.96. The number of amides is 1. The molecule has 0 aliphatic carbocycles. The van der Waals surface area contributed by atoms with E-state index in [-0.39, 0.29) is 5.91 Å². The molecule has 3 nitrogen and oxygen atoms in total. The molecule has 1 aliphatic rings. The van der Waals surface area contributed by atoms with Gasteiger partial charge in [-0.25, -0.2) is 0 Å². The van der Waals surface area contributed by atoms with Crippen LogP contribution in [0.3, 0.4) is 0 Å². The van der Waals surface area contributed by atoms with Crippen LogP contribution >= 0.6 is 0 Å². The van der Waals surface area contributed by atoms with Crippen molar-refractivity contribution in [1.82, 2.24) is 10.2 Å². The minimum atomic E-state index is 0.173. The van der Waals surface area contributed by atoms with Gasteiger partial charge in [0.2, 0.25) is 5.91 Å². The van der Waals surface area contributed by atoms with Crippen molar-refractivity contribution < 1.29 is 4.79 Å². The van der Waals surface area contributed by atoms with Crippen LogP contribution < -0.4 is 5.32 Å². The van der Waals surface area contributed by atoms with Crippen LogP contribution in [-0.4, -0.2) is 37.0 Å². The first-order valence-corrected chi connectivity index (χ1v) is 5.32. The molecule has 0 atom stereocenters. The van der Waals surface area contributed by atoms with Crippen molar-refractivity contribution in [2.24, 2.45) is 0 Å². The van der Waals surface area contributed by atoms with Gasteiger partial charge in [-0.3, -0.25) is 9.69 Å². The number of nitrogens with one attached hydrogen (secondary N) is 1. The summed E-state index contributed by atoms with van der Waals surface area (Å²) in [5.74, 6) is 0.173. The fourth-order valence-corrected chi connectivity index (χ4v) is 1.26. The Kier molecular flexibility index (Phi) is 7.69. The van der Waals surface area contributed by atoms with E-state index in [1.165, 1.54) is 12.8 Å². The van der Waals surface area contributed by atoms with E-state index in [4.69, 9.17) is 0 Å². The Morgan fingerprint density at radius 1 is 1.46 bits per heavy atom. The van der Waals surface area contributed by atoms with Crippen LogP contribution in [0.2, 0.25) is 0 Å². The van der Waals surface area contributed by atoms with Crippen molar-refractivity contribution in [3.8, 4) is 0 Å². The molecule has 3 heteroatoms. The third-order valence-electron chi connectivity index (χ3n) is 1.95. The van der Waals surface area contributed by atoms with E-state index in [0.717, 1.165) is 19.6 Å². The third kappa shape index (κ3) is 5.64. The lowest BCUT2D eigenvalue weighted by molar-refractivity contribution is -0.124. The normalized spacial score (nSPS) is 17.3. The van der Waals surface area contributed by atoms with Crippen molar-refractivity contribution in [3.05, 3.63) is 0 Å². The van der Waals surface area contributed by atoms with Crippen molar-refractivity contribution in [2.75, 3.05) is 26.2 Å². The molecular formula is C10H22N2O. The summed E-state index contributed by atoms with van der Waals surface area (Å²) in [6.07, 6.45) is 2.41. The number of piperazine rings is 1. The largest absolute Gasteiger partial charge is 0.354 e. The zero-order valence-electron chi connectivity index (χ0n) is 9.10. The number of carbonyl (C=O) groups excluding carboxylic acids is 1. The quantitative estimate of drug-likeness (QED) is 0.719. The molecule has 13 heavy (non-hydrogen) atoms. The Hall–Kier alpha value is -0.570. The van der Waals surface area contributed by atoms with Gasteiger partial charge in [-0.05, 0) is 13.0 Å². The predicted octanol–water partition coefficient (Wildman–Crippen LogP) is 1.24. The van der Waals surface area contributed by atoms with Crippen molar-refractivity contribution in [3.63, 3.8) is 0 Å². The average Bonchev–Trinajstić information content (AvgIpc) is 2.18. The van der Waals surface area contributed by atoms with Gasteiger partial charge < -0.3 is 5.32 Å². The molecule has 0 radical (unpaired) electrons. The molecule has 1 fully saturated rings. The first-order chi connectivity index (χ1) is 6.33. The number of hydrogen-bond acceptors (Lipinski definition) is 2. The highest BCUT2D eigenvalue weighted by Gasteiger charge is 2.14. The molecule has 0 aromatic rings. The maximum Gasteiger partial charge on any atom is 0.234 e. The van der Waals surface area contributed by atoms with Crippen LogP contribution in [0.25, 0.3) is 0 Å². The topological polar surface area (TPSA) is 32.3 Å². The molecule has 0 aromatic carbocycles. The second-order valence-electron chi connectivity index (χ2n) is 2.98. The van der Waals surface area contributed by atoms with Crippen LogP contribution in [0.1, 0.15) is 33.6 Å². The van der Waals surface area contributed by atoms with Gasteiger partial charge >= 0.3 is 0 Å². The third-order valence-corrected chi connectivity index (χ3v) is 1.95. The highest BCUT2D eigenvalue weighted by atomic mass is 16.2. The zero-order valence-corrected chi connectivity index (χ0v) is 9.10. The van der Waals surface area contributed by atoms with Crippen LogP contribution in [0.4, 0.5) is 0 Å². The van der Waals surface area contributed by atoms with Crippen molar-refractivity contribution in [1.29, 1.82) is 0 Å². The smallest absolute Gasteiger partial charge is 0.234 e. The summed E-state index contributed by atoms with van der Waals surface area (Å²) in [7, 11) is 0. The molecule has 0 bridgehead atoms. The van der Waals surface area contributed by atoms with Crippen molar-refractivity contribution >= 4 is 5.91 Å². The average molecular weight is 186 g/mol. The maximum absolute atomic E-state index is 10.9. The molecule has 1 heterocycles. The minimum absolute atomic E-state index is 0.173. The Morgan fingerprint density at radius 3 is 2.69 bits per heavy atom. The van der Waals surface area contributed by atoms with Gasteiger partial charge in [0.25, 0.3) is 0 Å². The Labute approximate surface area is 81.5 Å². The van der Waals surface area contributed by atoms with E-state index in [0.29, 0.717) is 6.54 Å². The fourth-order valence-electron chi connectivity index (χ4n) is 1.26. The second-order valence-corrected chi connectivity index (χ2v) is 2.98. The first kappa shape index (κ1) is 12.4. The van der Waals surface area contributed by atoms with Gasteiger partial charge in [0.15, 0.2) is 0 Å². The summed E-state index contributed by atoms with van der Waals surface area (Å²) in [4.78, 5) is 13.1. The summed E-state index contributed by atoms with van der Waals surface area (Å²) >= 11 is 0. The number of rotatable bonds is 3. The molecular weight excluding hydrogens is 164 g/mol. The lowest BCUT2D eigenvalue weighted by atomic mass is 10.3. The van der Waals surface area contributed by atoms with E-state index in [1.807, 2.05) is 13.8 Å². The molecule has 1 aliphatic heterocycles. The van der Waals surface area contributed by atoms with E-state index >= 15 is 0 Å². The van der Waals surface area contributed by atoms with Crippen molar-refractivity contribution in [2.45, 2.75) is 33.6 Å². The number of carbonyl (C=O) groups is 1. The van der Waals surface area contributed by atoms with Gasteiger partial charge in [-0.1, -0.05) is 27.2 Å². The molecule has 0 spiro atoms. The lowest BCUT2D eigenvalue weighted by Gasteiger charge is -2.25. The van der Waals surface area contributed by atoms with Gasteiger partial charge in [-0.15, -0.1) is 0 Å². The van der Waals surface area contributed by atoms with Gasteiger partial charge in [0, 0.05) is 13.1 Å². The van der Waals surface area contributed by atoms with Crippen LogP contribution in [0, 0.1) is 0 Å². The fraction of sp³-hybridized carbons (Fsp3) is 0.900. The molecule has 1 rings (SSSR count). The summed E-state index contributed by atoms with van der Waals surface area (Å²) in [6, 6.07) is 0. The monoisotopic (exact) mass is 186 g/mol. The SMILES string of the molecule is CC.CCCCN1CCNC(=O)C1. The molecule has 1 amide bonds. The van der Waals surface area contributed by atoms with Crippen LogP contribution in [0.5, 0.6) is 0 Å². The Balaban J connectivity index is 0.000000671. The Bertz CT molecular complexity index is 137. The van der Waals surface area contributed by atoms with E-state index in [9.17, 15) is 4.79 Å². The van der Waals surface area contributed by atoms with Gasteiger partial charge in [-0.2, -0.15) is 0 Å². The van der Waals surface area contributed by atoms with E-state index < -0.39 is 0 Å². The standard InChI is InChI=1S/C8H16N2O.C2H6/c1-2-3-5-10-6-4-9-8(11)7-10;1-2/h2-7H2,1H3,(H,9,11);1-2H3. The maximum atomic E-state index is 10.9. The molecule has 0 unspecified atom stereocenters. The molecule has 0 saturated carbocycles. The molecule has 1 N–H and O–H groups in total. The van der Waals surface area contributed by atoms with Crippen LogP contribution in [-0.2, 0) is 4.79 Å². The highest BCUT2D eigenvalue weighted by molar-refractivity contribution is 5.78. The minimum Gasteiger partial charge on any atom is -0.354 e. The summed E-state index contributed by atoms with van der Waals surface area (Å²) in [6.45, 7) is 9.68. The summed E-state index contributed by atoms with van der Waals surface area (Å²) in [5, 5.41) is 2.81. The number of hydrogen-bond donors (Lipinski definition) is 1. The number of unbranched alkanes of at least 4 members (excludes halogenated alkanes) is 1. The second kappa shape index (κ2) is 8.05. The molecule has 0 aromatic heterocycles. The predicted molar refractivity (Wildman–Crippen MR) is 55.7 cm³/mol. The number of nitrogens with zero attached hydrogens (tertiary/aromatic N) is 1. The van der Waals surface area contributed by atoms with E-state index in [2.05, 4.69) is 17.1 Å². The summed E-state index contributed by atoms with van der Waals surface area (Å²) < 4.78 is 0. The lowest BCUT2D eigenvalue weighted by Crippen LogP contribution is -2.47. The molecule has 78 valence electrons. The van der Waals surface area contributed by atoms with Gasteiger partial charge in [0.05, 0.1) is 6.54 Å². The Morgan fingerprint density at radius 2 is 2.15 bits per heavy atom. The zero-order chi connectivity index (χ0) is 10.1. The first-order valence-electron chi connectivity index (χ1n) is 5.32. The summed E-state index contributed by atoms with van der Waals surface area (Å²) in [5.41, 5.74) is 0. The van der Waals surface area contributed by atoms with Crippen LogP contribution in [0.15, 0.2) is 0 Å². The van der Waals surface area contributed by atoms with E-state index in [1.54, 1.807) is 0 Å². The molecule has 1 saturated heterocycles.